The Morgan fingerprint density at radius 2 is 1.15 bits per heavy atom. The van der Waals surface area contributed by atoms with Crippen molar-refractivity contribution >= 4 is 0 Å². The predicted octanol–water partition coefficient (Wildman–Crippen LogP) is 8.01. The van der Waals surface area contributed by atoms with Gasteiger partial charge in [0.2, 0.25) is 0 Å². The van der Waals surface area contributed by atoms with E-state index in [1.165, 1.54) is 27.8 Å². The van der Waals surface area contributed by atoms with E-state index in [4.69, 9.17) is 0 Å². The van der Waals surface area contributed by atoms with Crippen molar-refractivity contribution < 1.29 is 0 Å². The van der Waals surface area contributed by atoms with Crippen LogP contribution in [0.5, 0.6) is 0 Å². The van der Waals surface area contributed by atoms with Crippen LogP contribution in [-0.4, -0.2) is 0 Å². The number of hydrogen-bond donors (Lipinski definition) is 0. The molecule has 0 heteroatoms. The molecule has 0 saturated carbocycles. The Morgan fingerprint density at radius 3 is 1.56 bits per heavy atom. The van der Waals surface area contributed by atoms with Crippen molar-refractivity contribution in [2.24, 2.45) is 16.7 Å². The predicted molar refractivity (Wildman–Crippen MR) is 119 cm³/mol. The first-order valence-corrected chi connectivity index (χ1v) is 10.1. The molecule has 27 heavy (non-hydrogen) atoms. The largest absolute Gasteiger partial charge is 0.0768 e. The fourth-order valence-corrected chi connectivity index (χ4v) is 4.55. The summed E-state index contributed by atoms with van der Waals surface area (Å²) in [6.07, 6.45) is 6.85. The monoisotopic (exact) mass is 358 g/mol. The molecule has 0 fully saturated rings. The lowest BCUT2D eigenvalue weighted by Gasteiger charge is -2.39. The zero-order valence-electron chi connectivity index (χ0n) is 18.0. The van der Waals surface area contributed by atoms with Crippen molar-refractivity contribution in [1.29, 1.82) is 0 Å². The summed E-state index contributed by atoms with van der Waals surface area (Å²) >= 11 is 0. The quantitative estimate of drug-likeness (QED) is 0.510. The Kier molecular flexibility index (Phi) is 5.21. The molecule has 0 amide bonds. The van der Waals surface area contributed by atoms with Gasteiger partial charge in [-0.3, -0.25) is 0 Å². The maximum absolute atomic E-state index is 2.42. The third kappa shape index (κ3) is 3.95. The Morgan fingerprint density at radius 1 is 0.704 bits per heavy atom. The number of hydrogen-bond acceptors (Lipinski definition) is 0. The van der Waals surface area contributed by atoms with Gasteiger partial charge in [0.05, 0.1) is 0 Å². The molecule has 0 spiro atoms. The van der Waals surface area contributed by atoms with Crippen molar-refractivity contribution in [2.75, 3.05) is 0 Å². The average Bonchev–Trinajstić information content (AvgIpc) is 3.15. The first-order valence-electron chi connectivity index (χ1n) is 10.1. The maximum atomic E-state index is 2.42. The van der Waals surface area contributed by atoms with E-state index in [1.54, 1.807) is 0 Å². The van der Waals surface area contributed by atoms with Gasteiger partial charge < -0.3 is 0 Å². The van der Waals surface area contributed by atoms with Gasteiger partial charge in [-0.15, -0.1) is 0 Å². The Labute approximate surface area is 166 Å². The molecule has 2 aliphatic rings. The molecule has 1 unspecified atom stereocenters. The van der Waals surface area contributed by atoms with Gasteiger partial charge in [0, 0.05) is 11.8 Å². The summed E-state index contributed by atoms with van der Waals surface area (Å²) in [5, 5.41) is 0. The first kappa shape index (κ1) is 19.7. The SMILES string of the molecule is CC(C)(C)C.CC1=CC=CC1C(C)(C)C1c2ccccc2-c2ccccc21. The summed E-state index contributed by atoms with van der Waals surface area (Å²) in [5.41, 5.74) is 7.95. The Hall–Kier alpha value is -2.08. The highest BCUT2D eigenvalue weighted by atomic mass is 14.5. The minimum atomic E-state index is 0.163. The summed E-state index contributed by atoms with van der Waals surface area (Å²) < 4.78 is 0. The molecule has 0 aromatic heterocycles. The van der Waals surface area contributed by atoms with Crippen molar-refractivity contribution in [2.45, 2.75) is 54.4 Å². The van der Waals surface area contributed by atoms with Crippen LogP contribution in [-0.2, 0) is 0 Å². The molecule has 0 heterocycles. The van der Waals surface area contributed by atoms with Crippen molar-refractivity contribution in [3.63, 3.8) is 0 Å². The minimum Gasteiger partial charge on any atom is -0.0768 e. The molecule has 0 aliphatic heterocycles. The zero-order chi connectivity index (χ0) is 19.8. The molecule has 0 N–H and O–H groups in total. The highest BCUT2D eigenvalue weighted by molar-refractivity contribution is 5.79. The van der Waals surface area contributed by atoms with Crippen LogP contribution in [0, 0.1) is 16.7 Å². The van der Waals surface area contributed by atoms with E-state index in [0.29, 0.717) is 17.3 Å². The molecule has 2 aromatic rings. The van der Waals surface area contributed by atoms with Crippen LogP contribution >= 0.6 is 0 Å². The smallest absolute Gasteiger partial charge is 0.0161 e. The summed E-state index contributed by atoms with van der Waals surface area (Å²) in [7, 11) is 0. The fourth-order valence-electron chi connectivity index (χ4n) is 4.55. The first-order chi connectivity index (χ1) is 12.6. The molecule has 1 atom stereocenters. The van der Waals surface area contributed by atoms with Gasteiger partial charge in [0.15, 0.2) is 0 Å². The number of rotatable bonds is 2. The van der Waals surface area contributed by atoms with Crippen LogP contribution in [0.15, 0.2) is 72.3 Å². The number of fused-ring (bicyclic) bond motifs is 3. The van der Waals surface area contributed by atoms with Crippen LogP contribution in [0.25, 0.3) is 11.1 Å². The molecule has 0 radical (unpaired) electrons. The Bertz CT molecular complexity index is 819. The summed E-state index contributed by atoms with van der Waals surface area (Å²) in [6.45, 7) is 15.9. The van der Waals surface area contributed by atoms with Crippen molar-refractivity contribution in [3.05, 3.63) is 83.5 Å². The highest BCUT2D eigenvalue weighted by Gasteiger charge is 2.43. The molecular weight excluding hydrogens is 324 g/mol. The van der Waals surface area contributed by atoms with Gasteiger partial charge in [-0.05, 0) is 40.0 Å². The lowest BCUT2D eigenvalue weighted by atomic mass is 9.64. The van der Waals surface area contributed by atoms with E-state index < -0.39 is 0 Å². The van der Waals surface area contributed by atoms with E-state index in [9.17, 15) is 0 Å². The third-order valence-corrected chi connectivity index (χ3v) is 5.53. The Balaban J connectivity index is 0.000000376. The van der Waals surface area contributed by atoms with E-state index in [1.807, 2.05) is 0 Å². The van der Waals surface area contributed by atoms with E-state index in [2.05, 4.69) is 115 Å². The fraction of sp³-hybridized carbons (Fsp3) is 0.407. The van der Waals surface area contributed by atoms with Crippen LogP contribution in [0.1, 0.15) is 65.5 Å². The topological polar surface area (TPSA) is 0 Å². The normalized spacial score (nSPS) is 18.5. The maximum Gasteiger partial charge on any atom is 0.0161 e. The second-order valence-electron chi connectivity index (χ2n) is 10.2. The van der Waals surface area contributed by atoms with Crippen molar-refractivity contribution in [1.82, 2.24) is 0 Å². The second-order valence-corrected chi connectivity index (χ2v) is 10.2. The second kappa shape index (κ2) is 7.15. The average molecular weight is 359 g/mol. The summed E-state index contributed by atoms with van der Waals surface area (Å²) in [4.78, 5) is 0. The molecule has 2 aliphatic carbocycles. The summed E-state index contributed by atoms with van der Waals surface area (Å²) in [6, 6.07) is 17.9. The van der Waals surface area contributed by atoms with Crippen LogP contribution in [0.4, 0.5) is 0 Å². The standard InChI is InChI=1S/C22H22.C5H12/c1-15-9-8-14-20(15)22(2,3)21-18-12-6-4-10-16(18)17-11-5-7-13-19(17)21;1-5(2,3)4/h4-14,20-21H,1-3H3;1-4H3. The number of benzene rings is 2. The van der Waals surface area contributed by atoms with Crippen molar-refractivity contribution in [3.8, 4) is 11.1 Å². The lowest BCUT2D eigenvalue weighted by Crippen LogP contribution is -2.30. The number of allylic oxidation sites excluding steroid dienone is 4. The van der Waals surface area contributed by atoms with Gasteiger partial charge in [0.25, 0.3) is 0 Å². The molecule has 4 rings (SSSR count). The molecular formula is C27H34. The van der Waals surface area contributed by atoms with E-state index in [0.717, 1.165) is 0 Å². The minimum absolute atomic E-state index is 0.163. The molecule has 142 valence electrons. The lowest BCUT2D eigenvalue weighted by molar-refractivity contribution is 0.258. The van der Waals surface area contributed by atoms with Crippen LogP contribution in [0.3, 0.4) is 0 Å². The summed E-state index contributed by atoms with van der Waals surface area (Å²) in [5.74, 6) is 0.965. The van der Waals surface area contributed by atoms with E-state index >= 15 is 0 Å². The van der Waals surface area contributed by atoms with Gasteiger partial charge in [-0.2, -0.15) is 0 Å². The van der Waals surface area contributed by atoms with Gasteiger partial charge >= 0.3 is 0 Å². The van der Waals surface area contributed by atoms with Gasteiger partial charge in [-0.25, -0.2) is 0 Å². The molecule has 0 bridgehead atoms. The zero-order valence-corrected chi connectivity index (χ0v) is 18.0. The highest BCUT2D eigenvalue weighted by Crippen LogP contribution is 2.56. The molecule has 0 saturated heterocycles. The molecule has 0 nitrogen and oxygen atoms in total. The molecule has 2 aromatic carbocycles. The van der Waals surface area contributed by atoms with Gasteiger partial charge in [-0.1, -0.05) is 114 Å². The van der Waals surface area contributed by atoms with Crippen LogP contribution in [0.2, 0.25) is 0 Å². The third-order valence-electron chi connectivity index (χ3n) is 5.53. The van der Waals surface area contributed by atoms with Crippen LogP contribution < -0.4 is 0 Å². The van der Waals surface area contributed by atoms with E-state index in [-0.39, 0.29) is 5.41 Å². The van der Waals surface area contributed by atoms with Gasteiger partial charge in [0.1, 0.15) is 0 Å².